The molecule has 0 heterocycles. The van der Waals surface area contributed by atoms with Gasteiger partial charge in [-0.3, -0.25) is 0 Å². The van der Waals surface area contributed by atoms with Gasteiger partial charge in [0.25, 0.3) is 0 Å². The maximum Gasteiger partial charge on any atom is 0.334 e. The molecule has 2 aromatic rings. The van der Waals surface area contributed by atoms with Crippen LogP contribution < -0.4 is 0 Å². The number of hydrogen-bond acceptors (Lipinski definition) is 0. The zero-order chi connectivity index (χ0) is 18.2. The van der Waals surface area contributed by atoms with Crippen LogP contribution in [0.2, 0.25) is 0 Å². The van der Waals surface area contributed by atoms with Crippen LogP contribution in [0.15, 0.2) is 46.6 Å². The Morgan fingerprint density at radius 2 is 1.17 bits per heavy atom. The van der Waals surface area contributed by atoms with Crippen LogP contribution in [0.5, 0.6) is 0 Å². The zero-order valence-corrected chi connectivity index (χ0v) is 21.0. The van der Waals surface area contributed by atoms with E-state index in [1.54, 1.807) is 0 Å². The molecule has 0 bridgehead atoms. The van der Waals surface area contributed by atoms with E-state index in [4.69, 9.17) is 0 Å². The summed E-state index contributed by atoms with van der Waals surface area (Å²) >= 11 is 17.8. The van der Waals surface area contributed by atoms with Crippen molar-refractivity contribution in [2.24, 2.45) is 0 Å². The molecule has 0 saturated heterocycles. The SMILES string of the molecule is CC(C)(C)c1cc(Br)c(C(=[N+]=[N-])c2c(Br)cc(Br)cc2Br)c(Br)c1. The molecule has 0 saturated carbocycles. The third-order valence-electron chi connectivity index (χ3n) is 3.49. The van der Waals surface area contributed by atoms with Crippen molar-refractivity contribution in [3.05, 3.63) is 68.9 Å². The Balaban J connectivity index is 2.73. The lowest BCUT2D eigenvalue weighted by molar-refractivity contribution is -0.00301. The van der Waals surface area contributed by atoms with Crippen molar-refractivity contribution in [2.45, 2.75) is 26.2 Å². The highest BCUT2D eigenvalue weighted by molar-refractivity contribution is 9.12. The lowest BCUT2D eigenvalue weighted by atomic mass is 9.86. The molecule has 0 unspecified atom stereocenters. The predicted octanol–water partition coefficient (Wildman–Crippen LogP) is 7.86. The van der Waals surface area contributed by atoms with E-state index in [0.29, 0.717) is 5.71 Å². The Bertz CT molecular complexity index is 816. The van der Waals surface area contributed by atoms with Gasteiger partial charge in [0.05, 0.1) is 11.1 Å². The maximum absolute atomic E-state index is 9.72. The van der Waals surface area contributed by atoms with E-state index in [1.807, 2.05) is 12.1 Å². The fourth-order valence-electron chi connectivity index (χ4n) is 2.23. The van der Waals surface area contributed by atoms with Gasteiger partial charge in [-0.1, -0.05) is 36.7 Å². The van der Waals surface area contributed by atoms with Crippen LogP contribution in [-0.4, -0.2) is 10.5 Å². The quantitative estimate of drug-likeness (QED) is 0.181. The van der Waals surface area contributed by atoms with Crippen LogP contribution in [0, 0.1) is 0 Å². The maximum atomic E-state index is 9.72. The molecule has 0 aliphatic heterocycles. The third-order valence-corrected chi connectivity index (χ3v) is 6.45. The summed E-state index contributed by atoms with van der Waals surface area (Å²) in [4.78, 5) is 3.57. The monoisotopic (exact) mass is 640 g/mol. The fraction of sp³-hybridized carbons (Fsp3) is 0.235. The van der Waals surface area contributed by atoms with Crippen LogP contribution in [0.25, 0.3) is 5.53 Å². The molecule has 0 spiro atoms. The van der Waals surface area contributed by atoms with Crippen LogP contribution in [-0.2, 0) is 5.41 Å². The minimum Gasteiger partial charge on any atom is -0.361 e. The largest absolute Gasteiger partial charge is 0.361 e. The summed E-state index contributed by atoms with van der Waals surface area (Å²) in [7, 11) is 0. The van der Waals surface area contributed by atoms with Gasteiger partial charge in [-0.15, -0.1) is 0 Å². The van der Waals surface area contributed by atoms with E-state index in [1.165, 1.54) is 5.56 Å². The van der Waals surface area contributed by atoms with Gasteiger partial charge in [0.2, 0.25) is 0 Å². The van der Waals surface area contributed by atoms with E-state index < -0.39 is 0 Å². The van der Waals surface area contributed by atoms with Crippen LogP contribution >= 0.6 is 79.6 Å². The second kappa shape index (κ2) is 7.85. The molecule has 0 aromatic heterocycles. The first-order valence-electron chi connectivity index (χ1n) is 6.93. The fourth-order valence-corrected chi connectivity index (χ4v) is 6.42. The molecule has 0 aliphatic rings. The van der Waals surface area contributed by atoms with Crippen molar-refractivity contribution in [3.63, 3.8) is 0 Å². The average Bonchev–Trinajstić information content (AvgIpc) is 2.42. The molecule has 2 aromatic carbocycles. The first-order chi connectivity index (χ1) is 11.1. The van der Waals surface area contributed by atoms with Crippen LogP contribution in [0.4, 0.5) is 0 Å². The molecule has 24 heavy (non-hydrogen) atoms. The summed E-state index contributed by atoms with van der Waals surface area (Å²) in [6.45, 7) is 6.47. The van der Waals surface area contributed by atoms with Crippen molar-refractivity contribution >= 4 is 85.4 Å². The van der Waals surface area contributed by atoms with Gasteiger partial charge in [-0.25, -0.2) is 0 Å². The normalized spacial score (nSPS) is 11.3. The lowest BCUT2D eigenvalue weighted by Crippen LogP contribution is -2.14. The van der Waals surface area contributed by atoms with Gasteiger partial charge >= 0.3 is 5.71 Å². The molecule has 0 N–H and O–H groups in total. The highest BCUT2D eigenvalue weighted by Gasteiger charge is 2.28. The Morgan fingerprint density at radius 1 is 0.792 bits per heavy atom. The molecule has 2 rings (SSSR count). The number of hydrogen-bond donors (Lipinski definition) is 0. The first kappa shape index (κ1) is 20.5. The molecule has 126 valence electrons. The summed E-state index contributed by atoms with van der Waals surface area (Å²) in [5, 5.41) is 0. The van der Waals surface area contributed by atoms with Gasteiger partial charge in [0.15, 0.2) is 0 Å². The highest BCUT2D eigenvalue weighted by Crippen LogP contribution is 2.37. The van der Waals surface area contributed by atoms with E-state index in [-0.39, 0.29) is 5.41 Å². The lowest BCUT2D eigenvalue weighted by Gasteiger charge is -2.20. The number of rotatable bonds is 2. The predicted molar refractivity (Wildman–Crippen MR) is 117 cm³/mol. The molecule has 0 fully saturated rings. The van der Waals surface area contributed by atoms with Crippen LogP contribution in [0.1, 0.15) is 37.5 Å². The Hall–Kier alpha value is 0.220. The van der Waals surface area contributed by atoms with Crippen molar-refractivity contribution < 1.29 is 4.79 Å². The molecule has 0 atom stereocenters. The van der Waals surface area contributed by atoms with Gasteiger partial charge < -0.3 is 5.53 Å². The minimum absolute atomic E-state index is 0.0128. The molecular weight excluding hydrogens is 632 g/mol. The Kier molecular flexibility index (Phi) is 6.71. The van der Waals surface area contributed by atoms with E-state index in [0.717, 1.165) is 33.5 Å². The molecule has 2 nitrogen and oxygen atoms in total. The summed E-state index contributed by atoms with van der Waals surface area (Å²) in [6, 6.07) is 7.95. The summed E-state index contributed by atoms with van der Waals surface area (Å²) < 4.78 is 4.27. The molecule has 0 amide bonds. The third kappa shape index (κ3) is 4.30. The van der Waals surface area contributed by atoms with Gasteiger partial charge in [0, 0.05) is 22.4 Å². The van der Waals surface area contributed by atoms with Gasteiger partial charge in [-0.05, 0) is 99.0 Å². The van der Waals surface area contributed by atoms with Crippen molar-refractivity contribution in [3.8, 4) is 0 Å². The number of nitrogens with zero attached hydrogens (tertiary/aromatic N) is 2. The summed E-state index contributed by atoms with van der Waals surface area (Å²) in [5.41, 5.74) is 12.9. The number of halogens is 5. The molecule has 0 aliphatic carbocycles. The average molecular weight is 645 g/mol. The second-order valence-corrected chi connectivity index (χ2v) is 10.6. The van der Waals surface area contributed by atoms with E-state index >= 15 is 0 Å². The molecule has 7 heteroatoms. The topological polar surface area (TPSA) is 36.4 Å². The zero-order valence-electron chi connectivity index (χ0n) is 13.1. The van der Waals surface area contributed by atoms with Crippen molar-refractivity contribution in [1.29, 1.82) is 0 Å². The standard InChI is InChI=1S/C17H13Br5N2/c1-17(2,3)8-4-10(19)14(11(20)5-8)16(24-23)15-12(21)6-9(18)7-13(15)22/h4-7H,1-3H3. The number of benzene rings is 2. The second-order valence-electron chi connectivity index (χ2n) is 6.26. The van der Waals surface area contributed by atoms with Gasteiger partial charge in [-0.2, -0.15) is 4.79 Å². The molecule has 0 radical (unpaired) electrons. The van der Waals surface area contributed by atoms with Crippen molar-refractivity contribution in [1.82, 2.24) is 0 Å². The molecular formula is C17H13Br5N2. The minimum atomic E-state index is 0.0128. The van der Waals surface area contributed by atoms with E-state index in [2.05, 4.69) is 117 Å². The van der Waals surface area contributed by atoms with Crippen LogP contribution in [0.3, 0.4) is 0 Å². The smallest absolute Gasteiger partial charge is 0.334 e. The highest BCUT2D eigenvalue weighted by atomic mass is 79.9. The Labute approximate surface area is 183 Å². The van der Waals surface area contributed by atoms with Crippen molar-refractivity contribution in [2.75, 3.05) is 0 Å². The Morgan fingerprint density at radius 3 is 1.50 bits per heavy atom. The summed E-state index contributed by atoms with van der Waals surface area (Å²) in [5.74, 6) is 0. The van der Waals surface area contributed by atoms with Gasteiger partial charge in [0.1, 0.15) is 0 Å². The summed E-state index contributed by atoms with van der Waals surface area (Å²) in [6.07, 6.45) is 0. The first-order valence-corrected chi connectivity index (χ1v) is 10.9. The van der Waals surface area contributed by atoms with E-state index in [9.17, 15) is 5.53 Å².